The number of oxazole rings is 1. The number of para-hydroxylation sites is 2. The summed E-state index contributed by atoms with van der Waals surface area (Å²) in [6, 6.07) is 29.6. The van der Waals surface area contributed by atoms with Crippen LogP contribution in [0.25, 0.3) is 33.5 Å². The molecule has 1 saturated heterocycles. The molecule has 240 valence electrons. The fourth-order valence-corrected chi connectivity index (χ4v) is 5.82. The summed E-state index contributed by atoms with van der Waals surface area (Å²) < 4.78 is 11.7. The number of amides is 2. The summed E-state index contributed by atoms with van der Waals surface area (Å²) in [7, 11) is 0. The van der Waals surface area contributed by atoms with Crippen LogP contribution in [-0.4, -0.2) is 57.8 Å². The first-order valence-electron chi connectivity index (χ1n) is 15.2. The number of halogens is 2. The first kappa shape index (κ1) is 31.2. The number of aromatic nitrogens is 3. The second-order valence-corrected chi connectivity index (χ2v) is 11.9. The van der Waals surface area contributed by atoms with Crippen molar-refractivity contribution in [1.82, 2.24) is 19.9 Å². The first-order valence-corrected chi connectivity index (χ1v) is 16.0. The van der Waals surface area contributed by atoms with Crippen LogP contribution >= 0.6 is 23.2 Å². The molecule has 3 heterocycles. The van der Waals surface area contributed by atoms with Crippen molar-refractivity contribution < 1.29 is 18.7 Å². The van der Waals surface area contributed by atoms with Crippen LogP contribution in [0.3, 0.4) is 0 Å². The van der Waals surface area contributed by atoms with Gasteiger partial charge in [0, 0.05) is 52.7 Å². The van der Waals surface area contributed by atoms with Gasteiger partial charge in [0.15, 0.2) is 12.4 Å². The maximum Gasteiger partial charge on any atom is 0.314 e. The van der Waals surface area contributed by atoms with Crippen molar-refractivity contribution in [2.45, 2.75) is 6.61 Å². The molecule has 0 saturated carbocycles. The Morgan fingerprint density at radius 1 is 0.812 bits per heavy atom. The molecule has 0 spiro atoms. The summed E-state index contributed by atoms with van der Waals surface area (Å²) in [6.07, 6.45) is 1.60. The molecule has 10 nitrogen and oxygen atoms in total. The lowest BCUT2D eigenvalue weighted by Crippen LogP contribution is -2.52. The maximum absolute atomic E-state index is 13.2. The third kappa shape index (κ3) is 6.80. The Morgan fingerprint density at radius 3 is 2.38 bits per heavy atom. The van der Waals surface area contributed by atoms with E-state index in [4.69, 9.17) is 42.3 Å². The van der Waals surface area contributed by atoms with E-state index in [-0.39, 0.29) is 6.61 Å². The predicted molar refractivity (Wildman–Crippen MR) is 185 cm³/mol. The van der Waals surface area contributed by atoms with Crippen molar-refractivity contribution in [3.05, 3.63) is 119 Å². The van der Waals surface area contributed by atoms with Crippen molar-refractivity contribution >= 4 is 57.6 Å². The van der Waals surface area contributed by atoms with E-state index in [0.717, 1.165) is 27.7 Å². The molecule has 12 heteroatoms. The molecule has 1 aliphatic rings. The van der Waals surface area contributed by atoms with E-state index in [2.05, 4.69) is 10.3 Å². The normalized spacial score (nSPS) is 13.0. The summed E-state index contributed by atoms with van der Waals surface area (Å²) in [5, 5.41) is 4.75. The number of ether oxygens (including phenoxy) is 1. The topological polar surface area (TPSA) is 114 Å². The quantitative estimate of drug-likeness (QED) is 0.178. The highest BCUT2D eigenvalue weighted by Crippen LogP contribution is 2.31. The lowest BCUT2D eigenvalue weighted by molar-refractivity contribution is -0.143. The molecular formula is C36H28Cl2N6O4. The van der Waals surface area contributed by atoms with Crippen molar-refractivity contribution in [2.24, 2.45) is 0 Å². The minimum absolute atomic E-state index is 0.0131. The molecule has 48 heavy (non-hydrogen) atoms. The number of hydrogen-bond acceptors (Lipinski definition) is 8. The van der Waals surface area contributed by atoms with Gasteiger partial charge in [0.2, 0.25) is 11.8 Å². The molecule has 4 aromatic carbocycles. The lowest BCUT2D eigenvalue weighted by Gasteiger charge is -2.34. The van der Waals surface area contributed by atoms with Crippen LogP contribution in [0.1, 0.15) is 5.89 Å². The smallest absolute Gasteiger partial charge is 0.314 e. The van der Waals surface area contributed by atoms with Crippen molar-refractivity contribution in [3.63, 3.8) is 0 Å². The molecule has 6 aromatic rings. The van der Waals surface area contributed by atoms with Crippen molar-refractivity contribution in [2.75, 3.05) is 36.4 Å². The number of carbonyl (C=O) groups is 2. The molecule has 1 aliphatic heterocycles. The Morgan fingerprint density at radius 2 is 1.56 bits per heavy atom. The number of nitrogens with zero attached hydrogens (tertiary/aromatic N) is 5. The third-order valence-electron chi connectivity index (χ3n) is 7.89. The SMILES string of the molecule is O=C(Nc1ccccc1OCc1ncc(-c2cccc(Cl)c2)o1)C(=O)N1CCN(c2nc(-c3ccccc3)c3cc(Cl)ccc3n2)CC1. The van der Waals surface area contributed by atoms with Crippen LogP contribution in [0.2, 0.25) is 10.0 Å². The van der Waals surface area contributed by atoms with Gasteiger partial charge >= 0.3 is 11.8 Å². The molecular weight excluding hydrogens is 651 g/mol. The molecule has 0 radical (unpaired) electrons. The third-order valence-corrected chi connectivity index (χ3v) is 8.36. The van der Waals surface area contributed by atoms with Gasteiger partial charge in [0.25, 0.3) is 0 Å². The Balaban J connectivity index is 0.989. The number of fused-ring (bicyclic) bond motifs is 1. The van der Waals surface area contributed by atoms with E-state index < -0.39 is 11.8 Å². The van der Waals surface area contributed by atoms with Crippen LogP contribution in [-0.2, 0) is 16.2 Å². The van der Waals surface area contributed by atoms with Crippen LogP contribution in [0.4, 0.5) is 11.6 Å². The molecule has 1 fully saturated rings. The number of hydrogen-bond donors (Lipinski definition) is 1. The highest BCUT2D eigenvalue weighted by molar-refractivity contribution is 6.39. The van der Waals surface area contributed by atoms with Crippen LogP contribution in [0.5, 0.6) is 5.75 Å². The fraction of sp³-hybridized carbons (Fsp3) is 0.139. The molecule has 0 unspecified atom stereocenters. The van der Waals surface area contributed by atoms with E-state index in [1.807, 2.05) is 59.5 Å². The van der Waals surface area contributed by atoms with Crippen molar-refractivity contribution in [3.8, 4) is 28.3 Å². The second-order valence-electron chi connectivity index (χ2n) is 11.0. The Bertz CT molecular complexity index is 2120. The largest absolute Gasteiger partial charge is 0.482 e. The first-order chi connectivity index (χ1) is 23.4. The van der Waals surface area contributed by atoms with Gasteiger partial charge in [-0.15, -0.1) is 0 Å². The fourth-order valence-electron chi connectivity index (χ4n) is 5.46. The van der Waals surface area contributed by atoms with Gasteiger partial charge < -0.3 is 24.3 Å². The van der Waals surface area contributed by atoms with Crippen LogP contribution in [0, 0.1) is 0 Å². The molecule has 1 N–H and O–H groups in total. The number of benzene rings is 4. The van der Waals surface area contributed by atoms with E-state index in [1.54, 1.807) is 48.7 Å². The van der Waals surface area contributed by atoms with Gasteiger partial charge in [-0.05, 0) is 42.5 Å². The highest BCUT2D eigenvalue weighted by Gasteiger charge is 2.28. The average Bonchev–Trinajstić information content (AvgIpc) is 3.60. The second kappa shape index (κ2) is 13.7. The van der Waals surface area contributed by atoms with Gasteiger partial charge in [-0.25, -0.2) is 15.0 Å². The summed E-state index contributed by atoms with van der Waals surface area (Å²) in [4.78, 5) is 43.9. The Hall–Kier alpha value is -5.45. The van der Waals surface area contributed by atoms with E-state index in [1.165, 1.54) is 4.90 Å². The number of rotatable bonds is 7. The van der Waals surface area contributed by atoms with Gasteiger partial charge in [0.05, 0.1) is 23.1 Å². The molecule has 0 bridgehead atoms. The molecule has 2 amide bonds. The Kier molecular flexibility index (Phi) is 8.91. The van der Waals surface area contributed by atoms with Gasteiger partial charge in [-0.3, -0.25) is 9.59 Å². The average molecular weight is 680 g/mol. The molecule has 0 atom stereocenters. The lowest BCUT2D eigenvalue weighted by atomic mass is 10.1. The van der Waals surface area contributed by atoms with E-state index in [9.17, 15) is 9.59 Å². The Labute approximate surface area is 285 Å². The number of nitrogens with one attached hydrogen (secondary N) is 1. The number of piperazine rings is 1. The minimum Gasteiger partial charge on any atom is -0.482 e. The van der Waals surface area contributed by atoms with Gasteiger partial charge in [0.1, 0.15) is 5.75 Å². The standard InChI is InChI=1S/C36H28Cl2N6O4/c37-25-10-6-9-24(19-25)31-21-39-32(48-31)22-47-30-12-5-4-11-29(30)40-34(45)35(46)43-15-17-44(18-16-43)36-41-28-14-13-26(38)20-27(28)33(42-36)23-7-2-1-3-8-23/h1-14,19-21H,15-18,22H2,(H,40,45). The zero-order valence-corrected chi connectivity index (χ0v) is 27.0. The number of carbonyl (C=O) groups excluding carboxylic acids is 2. The summed E-state index contributed by atoms with van der Waals surface area (Å²) in [6.45, 7) is 1.58. The zero-order chi connectivity index (χ0) is 33.0. The predicted octanol–water partition coefficient (Wildman–Crippen LogP) is 7.12. The number of anilines is 2. The van der Waals surface area contributed by atoms with Crippen LogP contribution in [0.15, 0.2) is 108 Å². The van der Waals surface area contributed by atoms with E-state index >= 15 is 0 Å². The maximum atomic E-state index is 13.2. The monoisotopic (exact) mass is 678 g/mol. The van der Waals surface area contributed by atoms with Gasteiger partial charge in [-0.1, -0.05) is 77.8 Å². The minimum atomic E-state index is -0.760. The van der Waals surface area contributed by atoms with Crippen LogP contribution < -0.4 is 15.0 Å². The molecule has 7 rings (SSSR count). The van der Waals surface area contributed by atoms with Gasteiger partial charge in [-0.2, -0.15) is 0 Å². The zero-order valence-electron chi connectivity index (χ0n) is 25.5. The highest BCUT2D eigenvalue weighted by atomic mass is 35.5. The summed E-state index contributed by atoms with van der Waals surface area (Å²) >= 11 is 12.4. The summed E-state index contributed by atoms with van der Waals surface area (Å²) in [5.74, 6) is 0.422. The van der Waals surface area contributed by atoms with Crippen molar-refractivity contribution in [1.29, 1.82) is 0 Å². The summed E-state index contributed by atoms with van der Waals surface area (Å²) in [5.41, 5.74) is 3.65. The molecule has 0 aliphatic carbocycles. The van der Waals surface area contributed by atoms with E-state index in [0.29, 0.717) is 65.3 Å². The molecule has 2 aromatic heterocycles.